The van der Waals surface area contributed by atoms with Crippen LogP contribution >= 0.6 is 0 Å². The molecule has 1 heterocycles. The summed E-state index contributed by atoms with van der Waals surface area (Å²) in [5, 5.41) is 2.86. The summed E-state index contributed by atoms with van der Waals surface area (Å²) in [7, 11) is 0. The van der Waals surface area contributed by atoms with Crippen LogP contribution in [0.25, 0.3) is 0 Å². The van der Waals surface area contributed by atoms with Crippen molar-refractivity contribution in [3.8, 4) is 0 Å². The third-order valence-corrected chi connectivity index (χ3v) is 3.61. The van der Waals surface area contributed by atoms with Crippen LogP contribution in [0, 0.1) is 5.92 Å². The van der Waals surface area contributed by atoms with E-state index in [2.05, 4.69) is 5.32 Å². The Hall–Kier alpha value is -1.88. The molecule has 5 nitrogen and oxygen atoms in total. The Morgan fingerprint density at radius 2 is 2.14 bits per heavy atom. The van der Waals surface area contributed by atoms with Gasteiger partial charge in [-0.3, -0.25) is 9.59 Å². The number of likely N-dealkylation sites (tertiary alicyclic amines) is 1. The van der Waals surface area contributed by atoms with Crippen LogP contribution in [0.3, 0.4) is 0 Å². The standard InChI is InChI=1S/C16H23N3O2/c1-12(17)7-15(20)18-9-14-8-16(21)19(11-14)10-13-5-3-2-4-6-13/h2-6,12,14H,7-11,17H2,1H3,(H,18,20). The molecule has 2 unspecified atom stereocenters. The molecule has 21 heavy (non-hydrogen) atoms. The molecule has 0 saturated carbocycles. The van der Waals surface area contributed by atoms with E-state index in [0.29, 0.717) is 32.5 Å². The maximum Gasteiger partial charge on any atom is 0.223 e. The maximum absolute atomic E-state index is 12.0. The second-order valence-electron chi connectivity index (χ2n) is 5.82. The summed E-state index contributed by atoms with van der Waals surface area (Å²) < 4.78 is 0. The molecule has 1 aromatic rings. The second-order valence-corrected chi connectivity index (χ2v) is 5.82. The van der Waals surface area contributed by atoms with Crippen LogP contribution in [0.4, 0.5) is 0 Å². The highest BCUT2D eigenvalue weighted by molar-refractivity contribution is 5.79. The summed E-state index contributed by atoms with van der Waals surface area (Å²) in [6, 6.07) is 9.82. The fourth-order valence-corrected chi connectivity index (χ4v) is 2.57. The molecule has 1 aliphatic heterocycles. The van der Waals surface area contributed by atoms with Crippen LogP contribution in [0.1, 0.15) is 25.3 Å². The first-order valence-corrected chi connectivity index (χ1v) is 7.38. The number of rotatable bonds is 6. The van der Waals surface area contributed by atoms with Gasteiger partial charge in [0.05, 0.1) is 0 Å². The van der Waals surface area contributed by atoms with E-state index in [4.69, 9.17) is 5.73 Å². The van der Waals surface area contributed by atoms with Crippen molar-refractivity contribution in [2.75, 3.05) is 13.1 Å². The van der Waals surface area contributed by atoms with Gasteiger partial charge >= 0.3 is 0 Å². The fraction of sp³-hybridized carbons (Fsp3) is 0.500. The van der Waals surface area contributed by atoms with E-state index in [9.17, 15) is 9.59 Å². The molecule has 1 saturated heterocycles. The van der Waals surface area contributed by atoms with Crippen LogP contribution in [0.5, 0.6) is 0 Å². The van der Waals surface area contributed by atoms with Crippen molar-refractivity contribution >= 4 is 11.8 Å². The van der Waals surface area contributed by atoms with Crippen molar-refractivity contribution < 1.29 is 9.59 Å². The quantitative estimate of drug-likeness (QED) is 0.816. The Labute approximate surface area is 125 Å². The number of hydrogen-bond acceptors (Lipinski definition) is 3. The number of carbonyl (C=O) groups excluding carboxylic acids is 2. The normalized spacial score (nSPS) is 19.6. The van der Waals surface area contributed by atoms with Gasteiger partial charge in [0.25, 0.3) is 0 Å². The van der Waals surface area contributed by atoms with E-state index < -0.39 is 0 Å². The van der Waals surface area contributed by atoms with Crippen molar-refractivity contribution in [1.29, 1.82) is 0 Å². The molecule has 5 heteroatoms. The third-order valence-electron chi connectivity index (χ3n) is 3.61. The summed E-state index contributed by atoms with van der Waals surface area (Å²) in [5.41, 5.74) is 6.72. The molecule has 1 fully saturated rings. The summed E-state index contributed by atoms with van der Waals surface area (Å²) in [5.74, 6) is 0.308. The first kappa shape index (κ1) is 15.5. The van der Waals surface area contributed by atoms with E-state index in [-0.39, 0.29) is 23.8 Å². The largest absolute Gasteiger partial charge is 0.356 e. The minimum atomic E-state index is -0.134. The highest BCUT2D eigenvalue weighted by Gasteiger charge is 2.29. The van der Waals surface area contributed by atoms with Crippen LogP contribution in [-0.4, -0.2) is 35.8 Å². The molecule has 2 amide bonds. The molecule has 114 valence electrons. The lowest BCUT2D eigenvalue weighted by Gasteiger charge is -2.17. The molecule has 3 N–H and O–H groups in total. The molecule has 0 aromatic heterocycles. The van der Waals surface area contributed by atoms with Crippen LogP contribution in [0.2, 0.25) is 0 Å². The minimum absolute atomic E-state index is 0.0426. The number of nitrogens with two attached hydrogens (primary N) is 1. The Bertz CT molecular complexity index is 488. The van der Waals surface area contributed by atoms with Crippen molar-refractivity contribution in [3.05, 3.63) is 35.9 Å². The first-order chi connectivity index (χ1) is 10.0. The van der Waals surface area contributed by atoms with E-state index >= 15 is 0 Å². The van der Waals surface area contributed by atoms with E-state index in [1.54, 1.807) is 6.92 Å². The molecular formula is C16H23N3O2. The fourth-order valence-electron chi connectivity index (χ4n) is 2.57. The number of benzene rings is 1. The van der Waals surface area contributed by atoms with Crippen molar-refractivity contribution in [2.45, 2.75) is 32.4 Å². The Kier molecular flexibility index (Phi) is 5.33. The number of nitrogens with one attached hydrogen (secondary N) is 1. The molecule has 0 spiro atoms. The number of amides is 2. The smallest absolute Gasteiger partial charge is 0.223 e. The average Bonchev–Trinajstić information content (AvgIpc) is 2.77. The zero-order chi connectivity index (χ0) is 15.2. The first-order valence-electron chi connectivity index (χ1n) is 7.38. The van der Waals surface area contributed by atoms with E-state index in [0.717, 1.165) is 5.56 Å². The SMILES string of the molecule is CC(N)CC(=O)NCC1CC(=O)N(Cc2ccccc2)C1. The lowest BCUT2D eigenvalue weighted by atomic mass is 10.1. The van der Waals surface area contributed by atoms with Gasteiger partial charge in [0.15, 0.2) is 0 Å². The summed E-state index contributed by atoms with van der Waals surface area (Å²) >= 11 is 0. The van der Waals surface area contributed by atoms with Crippen molar-refractivity contribution in [1.82, 2.24) is 10.2 Å². The summed E-state index contributed by atoms with van der Waals surface area (Å²) in [6.07, 6.45) is 0.833. The highest BCUT2D eigenvalue weighted by Crippen LogP contribution is 2.19. The molecule has 0 radical (unpaired) electrons. The van der Waals surface area contributed by atoms with Crippen molar-refractivity contribution in [2.24, 2.45) is 11.7 Å². The lowest BCUT2D eigenvalue weighted by molar-refractivity contribution is -0.128. The van der Waals surface area contributed by atoms with Crippen molar-refractivity contribution in [3.63, 3.8) is 0 Å². The lowest BCUT2D eigenvalue weighted by Crippen LogP contribution is -2.34. The number of carbonyl (C=O) groups is 2. The molecule has 0 aliphatic carbocycles. The minimum Gasteiger partial charge on any atom is -0.356 e. The highest BCUT2D eigenvalue weighted by atomic mass is 16.2. The summed E-state index contributed by atoms with van der Waals surface area (Å²) in [6.45, 7) is 3.69. The van der Waals surface area contributed by atoms with Gasteiger partial charge in [0.2, 0.25) is 11.8 Å². The van der Waals surface area contributed by atoms with Gasteiger partial charge < -0.3 is 16.0 Å². The second kappa shape index (κ2) is 7.22. The van der Waals surface area contributed by atoms with Gasteiger partial charge in [-0.05, 0) is 12.5 Å². The zero-order valence-electron chi connectivity index (χ0n) is 12.4. The monoisotopic (exact) mass is 289 g/mol. The van der Waals surface area contributed by atoms with Gasteiger partial charge in [-0.2, -0.15) is 0 Å². The zero-order valence-corrected chi connectivity index (χ0v) is 12.4. The summed E-state index contributed by atoms with van der Waals surface area (Å²) in [4.78, 5) is 25.4. The average molecular weight is 289 g/mol. The maximum atomic E-state index is 12.0. The van der Waals surface area contributed by atoms with Crippen LogP contribution < -0.4 is 11.1 Å². The molecular weight excluding hydrogens is 266 g/mol. The molecule has 0 bridgehead atoms. The third kappa shape index (κ3) is 4.86. The Morgan fingerprint density at radius 1 is 1.43 bits per heavy atom. The van der Waals surface area contributed by atoms with Crippen LogP contribution in [0.15, 0.2) is 30.3 Å². The number of nitrogens with zero attached hydrogens (tertiary/aromatic N) is 1. The molecule has 2 atom stereocenters. The molecule has 2 rings (SSSR count). The van der Waals surface area contributed by atoms with Gasteiger partial charge in [-0.25, -0.2) is 0 Å². The van der Waals surface area contributed by atoms with Gasteiger partial charge in [0.1, 0.15) is 0 Å². The molecule has 1 aliphatic rings. The van der Waals surface area contributed by atoms with Crippen LogP contribution in [-0.2, 0) is 16.1 Å². The van der Waals surface area contributed by atoms with Gasteiger partial charge in [0, 0.05) is 44.4 Å². The van der Waals surface area contributed by atoms with Gasteiger partial charge in [-0.15, -0.1) is 0 Å². The number of hydrogen-bond donors (Lipinski definition) is 2. The predicted molar refractivity (Wildman–Crippen MR) is 81.2 cm³/mol. The predicted octanol–water partition coefficient (Wildman–Crippen LogP) is 0.889. The van der Waals surface area contributed by atoms with E-state index in [1.807, 2.05) is 35.2 Å². The van der Waals surface area contributed by atoms with Gasteiger partial charge in [-0.1, -0.05) is 30.3 Å². The topological polar surface area (TPSA) is 75.4 Å². The Morgan fingerprint density at radius 3 is 2.81 bits per heavy atom. The molecule has 1 aromatic carbocycles. The Balaban J connectivity index is 1.78. The van der Waals surface area contributed by atoms with E-state index in [1.165, 1.54) is 0 Å².